The van der Waals surface area contributed by atoms with E-state index in [2.05, 4.69) is 20.4 Å². The minimum atomic E-state index is -0.448. The maximum absolute atomic E-state index is 12.1. The smallest absolute Gasteiger partial charge is 0.410 e. The Hall–Kier alpha value is -2.24. The lowest BCUT2D eigenvalue weighted by Gasteiger charge is -2.36. The van der Waals surface area contributed by atoms with E-state index in [0.717, 1.165) is 24.6 Å². The predicted molar refractivity (Wildman–Crippen MR) is 85.2 cm³/mol. The fourth-order valence-corrected chi connectivity index (χ4v) is 2.63. The highest BCUT2D eigenvalue weighted by Crippen LogP contribution is 2.19. The van der Waals surface area contributed by atoms with Crippen molar-refractivity contribution in [2.24, 2.45) is 0 Å². The number of nitrogens with zero attached hydrogens (tertiary/aromatic N) is 4. The molecular formula is C16H22N4O2. The summed E-state index contributed by atoms with van der Waals surface area (Å²) in [6, 6.07) is 6.08. The molecule has 3 heterocycles. The van der Waals surface area contributed by atoms with Crippen molar-refractivity contribution in [3.05, 3.63) is 30.6 Å². The summed E-state index contributed by atoms with van der Waals surface area (Å²) in [4.78, 5) is 20.5. The highest BCUT2D eigenvalue weighted by atomic mass is 16.6. The predicted octanol–water partition coefficient (Wildman–Crippen LogP) is 2.39. The van der Waals surface area contributed by atoms with Gasteiger partial charge in [0.25, 0.3) is 0 Å². The number of ether oxygens (including phenoxy) is 1. The van der Waals surface area contributed by atoms with Gasteiger partial charge in [-0.2, -0.15) is 0 Å². The van der Waals surface area contributed by atoms with Crippen LogP contribution in [0.1, 0.15) is 20.8 Å². The molecule has 0 radical (unpaired) electrons. The molecule has 2 aromatic rings. The van der Waals surface area contributed by atoms with E-state index in [-0.39, 0.29) is 6.09 Å². The van der Waals surface area contributed by atoms with E-state index < -0.39 is 5.60 Å². The molecule has 0 spiro atoms. The van der Waals surface area contributed by atoms with Gasteiger partial charge in [-0.25, -0.2) is 9.78 Å². The summed E-state index contributed by atoms with van der Waals surface area (Å²) in [5, 5.41) is 0. The summed E-state index contributed by atoms with van der Waals surface area (Å²) >= 11 is 0. The molecule has 3 rings (SSSR count). The third-order valence-corrected chi connectivity index (χ3v) is 3.66. The monoisotopic (exact) mass is 302 g/mol. The maximum atomic E-state index is 12.1. The number of amides is 1. The first kappa shape index (κ1) is 14.7. The second-order valence-electron chi connectivity index (χ2n) is 6.49. The molecule has 2 aromatic heterocycles. The number of pyridine rings is 1. The Bertz CT molecular complexity index is 666. The Balaban J connectivity index is 1.67. The first-order valence-electron chi connectivity index (χ1n) is 7.59. The molecule has 118 valence electrons. The minimum absolute atomic E-state index is 0.229. The molecule has 0 saturated carbocycles. The van der Waals surface area contributed by atoms with E-state index in [1.165, 1.54) is 0 Å². The number of piperazine rings is 1. The number of carbonyl (C=O) groups excluding carboxylic acids is 1. The molecule has 0 N–H and O–H groups in total. The van der Waals surface area contributed by atoms with Gasteiger partial charge in [-0.05, 0) is 32.9 Å². The van der Waals surface area contributed by atoms with Gasteiger partial charge in [-0.1, -0.05) is 6.07 Å². The summed E-state index contributed by atoms with van der Waals surface area (Å²) in [7, 11) is 0. The molecular weight excluding hydrogens is 280 g/mol. The van der Waals surface area contributed by atoms with Gasteiger partial charge in [0.1, 0.15) is 17.1 Å². The number of hydrogen-bond donors (Lipinski definition) is 0. The maximum Gasteiger partial charge on any atom is 0.410 e. The van der Waals surface area contributed by atoms with Crippen molar-refractivity contribution < 1.29 is 9.53 Å². The standard InChI is InChI=1S/C16H22N4O2/c1-16(2,3)22-15(21)19-11-9-18(10-12-19)14-6-4-5-13-17-7-8-20(13)14/h4-8H,9-12H2,1-3H3. The summed E-state index contributed by atoms with van der Waals surface area (Å²) in [6.07, 6.45) is 3.54. The third kappa shape index (κ3) is 3.00. The SMILES string of the molecule is CC(C)(C)OC(=O)N1CCN(c2cccc3nccn23)CC1. The lowest BCUT2D eigenvalue weighted by molar-refractivity contribution is 0.0240. The van der Waals surface area contributed by atoms with Crippen LogP contribution in [0.2, 0.25) is 0 Å². The molecule has 1 amide bonds. The van der Waals surface area contributed by atoms with E-state index in [1.807, 2.05) is 39.1 Å². The number of anilines is 1. The molecule has 0 bridgehead atoms. The van der Waals surface area contributed by atoms with Crippen molar-refractivity contribution in [2.45, 2.75) is 26.4 Å². The molecule has 1 aliphatic heterocycles. The van der Waals surface area contributed by atoms with Crippen molar-refractivity contribution in [1.29, 1.82) is 0 Å². The first-order valence-corrected chi connectivity index (χ1v) is 7.59. The van der Waals surface area contributed by atoms with Crippen LogP contribution in [0.4, 0.5) is 10.6 Å². The molecule has 1 fully saturated rings. The highest BCUT2D eigenvalue weighted by Gasteiger charge is 2.26. The Labute approximate surface area is 130 Å². The zero-order valence-corrected chi connectivity index (χ0v) is 13.3. The normalized spacial score (nSPS) is 16.1. The minimum Gasteiger partial charge on any atom is -0.444 e. The molecule has 1 aliphatic rings. The van der Waals surface area contributed by atoms with Gasteiger partial charge in [0, 0.05) is 38.6 Å². The van der Waals surface area contributed by atoms with Crippen LogP contribution in [0.15, 0.2) is 30.6 Å². The summed E-state index contributed by atoms with van der Waals surface area (Å²) in [5.41, 5.74) is 0.489. The molecule has 0 aliphatic carbocycles. The number of aromatic nitrogens is 2. The van der Waals surface area contributed by atoms with Crippen LogP contribution in [0.5, 0.6) is 0 Å². The number of carbonyl (C=O) groups is 1. The van der Waals surface area contributed by atoms with Gasteiger partial charge in [0.05, 0.1) is 0 Å². The Morgan fingerprint density at radius 2 is 1.91 bits per heavy atom. The molecule has 0 aromatic carbocycles. The molecule has 0 unspecified atom stereocenters. The largest absolute Gasteiger partial charge is 0.444 e. The van der Waals surface area contributed by atoms with Gasteiger partial charge < -0.3 is 14.5 Å². The van der Waals surface area contributed by atoms with Crippen molar-refractivity contribution in [2.75, 3.05) is 31.1 Å². The van der Waals surface area contributed by atoms with Crippen LogP contribution in [0, 0.1) is 0 Å². The van der Waals surface area contributed by atoms with E-state index in [1.54, 1.807) is 11.1 Å². The fourth-order valence-electron chi connectivity index (χ4n) is 2.63. The van der Waals surface area contributed by atoms with E-state index in [0.29, 0.717) is 13.1 Å². The van der Waals surface area contributed by atoms with Crippen LogP contribution in [-0.4, -0.2) is 52.2 Å². The van der Waals surface area contributed by atoms with Gasteiger partial charge in [-0.15, -0.1) is 0 Å². The Kier molecular flexibility index (Phi) is 3.68. The third-order valence-electron chi connectivity index (χ3n) is 3.66. The molecule has 1 saturated heterocycles. The number of fused-ring (bicyclic) bond motifs is 1. The van der Waals surface area contributed by atoms with Gasteiger partial charge in [0.2, 0.25) is 0 Å². The molecule has 6 heteroatoms. The number of rotatable bonds is 1. The van der Waals surface area contributed by atoms with Crippen LogP contribution in [0.3, 0.4) is 0 Å². The fraction of sp³-hybridized carbons (Fsp3) is 0.500. The van der Waals surface area contributed by atoms with Crippen molar-refractivity contribution in [1.82, 2.24) is 14.3 Å². The lowest BCUT2D eigenvalue weighted by Crippen LogP contribution is -2.50. The molecule has 0 atom stereocenters. The zero-order chi connectivity index (χ0) is 15.7. The highest BCUT2D eigenvalue weighted by molar-refractivity contribution is 5.68. The lowest BCUT2D eigenvalue weighted by atomic mass is 10.2. The van der Waals surface area contributed by atoms with Crippen LogP contribution in [0.25, 0.3) is 5.65 Å². The van der Waals surface area contributed by atoms with Crippen molar-refractivity contribution in [3.63, 3.8) is 0 Å². The second kappa shape index (κ2) is 5.51. The van der Waals surface area contributed by atoms with Gasteiger partial charge in [0.15, 0.2) is 0 Å². The molecule has 6 nitrogen and oxygen atoms in total. The van der Waals surface area contributed by atoms with Crippen molar-refractivity contribution in [3.8, 4) is 0 Å². The summed E-state index contributed by atoms with van der Waals surface area (Å²) < 4.78 is 7.50. The van der Waals surface area contributed by atoms with Crippen molar-refractivity contribution >= 4 is 17.6 Å². The van der Waals surface area contributed by atoms with Gasteiger partial charge >= 0.3 is 6.09 Å². The van der Waals surface area contributed by atoms with Gasteiger partial charge in [-0.3, -0.25) is 4.40 Å². The quantitative estimate of drug-likeness (QED) is 0.811. The number of imidazole rings is 1. The number of hydrogen-bond acceptors (Lipinski definition) is 4. The van der Waals surface area contributed by atoms with E-state index in [9.17, 15) is 4.79 Å². The van der Waals surface area contributed by atoms with E-state index in [4.69, 9.17) is 4.74 Å². The average Bonchev–Trinajstić information content (AvgIpc) is 2.94. The Morgan fingerprint density at radius 1 is 1.18 bits per heavy atom. The topological polar surface area (TPSA) is 50.1 Å². The summed E-state index contributed by atoms with van der Waals surface area (Å²) in [5.74, 6) is 1.11. The summed E-state index contributed by atoms with van der Waals surface area (Å²) in [6.45, 7) is 8.58. The van der Waals surface area contributed by atoms with Crippen LogP contribution >= 0.6 is 0 Å². The van der Waals surface area contributed by atoms with Crippen LogP contribution < -0.4 is 4.90 Å². The Morgan fingerprint density at radius 3 is 2.59 bits per heavy atom. The first-order chi connectivity index (χ1) is 10.4. The molecule has 22 heavy (non-hydrogen) atoms. The average molecular weight is 302 g/mol. The van der Waals surface area contributed by atoms with E-state index >= 15 is 0 Å². The zero-order valence-electron chi connectivity index (χ0n) is 13.3. The van der Waals surface area contributed by atoms with Crippen LogP contribution in [-0.2, 0) is 4.74 Å². The second-order valence-corrected chi connectivity index (χ2v) is 6.49.